The molecule has 0 bridgehead atoms. The van der Waals surface area contributed by atoms with Crippen molar-refractivity contribution in [2.75, 3.05) is 5.94 Å². The highest BCUT2D eigenvalue weighted by Crippen LogP contribution is 2.07. The third-order valence-corrected chi connectivity index (χ3v) is 1.41. The van der Waals surface area contributed by atoms with Crippen molar-refractivity contribution in [1.82, 2.24) is 0 Å². The summed E-state index contributed by atoms with van der Waals surface area (Å²) >= 11 is 3.59. The third-order valence-electron chi connectivity index (χ3n) is 1.28. The van der Waals surface area contributed by atoms with Crippen LogP contribution in [-0.2, 0) is 14.3 Å². The Kier molecular flexibility index (Phi) is 3.54. The normalized spacial score (nSPS) is 15.3. The molecule has 1 N–H and O–H groups in total. The van der Waals surface area contributed by atoms with Crippen LogP contribution in [0.2, 0.25) is 0 Å². The molecule has 0 aromatic carbocycles. The molecular formula is C6H10O4S. The quantitative estimate of drug-likeness (QED) is 0.271. The van der Waals surface area contributed by atoms with E-state index in [0.29, 0.717) is 0 Å². The number of aliphatic hydroxyl groups is 1. The first-order valence-electron chi connectivity index (χ1n) is 2.94. The van der Waals surface area contributed by atoms with E-state index in [4.69, 9.17) is 5.11 Å². The average Bonchev–Trinajstić information content (AvgIpc) is 1.88. The zero-order valence-corrected chi connectivity index (χ0v) is 7.22. The number of hydrogen-bond donors (Lipinski definition) is 2. The van der Waals surface area contributed by atoms with Crippen LogP contribution in [0.4, 0.5) is 0 Å². The number of carbonyl (C=O) groups is 2. The fourth-order valence-electron chi connectivity index (χ4n) is 0.343. The third kappa shape index (κ3) is 2.51. The van der Waals surface area contributed by atoms with E-state index < -0.39 is 17.4 Å². The van der Waals surface area contributed by atoms with Crippen LogP contribution in [0.5, 0.6) is 0 Å². The van der Waals surface area contributed by atoms with Gasteiger partial charge in [0.05, 0.1) is 0 Å². The van der Waals surface area contributed by atoms with Crippen LogP contribution in [0.15, 0.2) is 0 Å². The van der Waals surface area contributed by atoms with Gasteiger partial charge in [-0.3, -0.25) is 4.79 Å². The van der Waals surface area contributed by atoms with Crippen molar-refractivity contribution >= 4 is 24.4 Å². The van der Waals surface area contributed by atoms with E-state index in [-0.39, 0.29) is 5.94 Å². The van der Waals surface area contributed by atoms with Gasteiger partial charge in [0, 0.05) is 0 Å². The van der Waals surface area contributed by atoms with Crippen molar-refractivity contribution < 1.29 is 19.4 Å². The largest absolute Gasteiger partial charge is 0.452 e. The molecule has 0 fully saturated rings. The Bertz CT molecular complexity index is 175. The van der Waals surface area contributed by atoms with E-state index in [1.54, 1.807) is 0 Å². The fraction of sp³-hybridized carbons (Fsp3) is 0.667. The number of carbonyl (C=O) groups excluding carboxylic acids is 2. The van der Waals surface area contributed by atoms with Crippen molar-refractivity contribution in [2.24, 2.45) is 0 Å². The van der Waals surface area contributed by atoms with Gasteiger partial charge in [0.2, 0.25) is 5.60 Å². The summed E-state index contributed by atoms with van der Waals surface area (Å²) in [4.78, 5) is 21.4. The van der Waals surface area contributed by atoms with E-state index in [2.05, 4.69) is 17.4 Å². The van der Waals surface area contributed by atoms with Crippen LogP contribution < -0.4 is 0 Å². The van der Waals surface area contributed by atoms with E-state index in [1.165, 1.54) is 0 Å². The molecule has 0 aromatic heterocycles. The molecule has 0 radical (unpaired) electrons. The molecule has 11 heavy (non-hydrogen) atoms. The SMILES string of the molecule is CC(=O)C(C)(O)C(=O)OCS. The first-order valence-corrected chi connectivity index (χ1v) is 3.57. The Morgan fingerprint density at radius 1 is 1.64 bits per heavy atom. The van der Waals surface area contributed by atoms with Gasteiger partial charge in [-0.25, -0.2) is 4.79 Å². The van der Waals surface area contributed by atoms with E-state index in [0.717, 1.165) is 13.8 Å². The van der Waals surface area contributed by atoms with Crippen LogP contribution in [0.1, 0.15) is 13.8 Å². The molecular weight excluding hydrogens is 168 g/mol. The van der Waals surface area contributed by atoms with Crippen LogP contribution in [-0.4, -0.2) is 28.4 Å². The summed E-state index contributed by atoms with van der Waals surface area (Å²) in [6.07, 6.45) is 0. The second-order valence-corrected chi connectivity index (χ2v) is 2.45. The number of rotatable bonds is 3. The lowest BCUT2D eigenvalue weighted by Gasteiger charge is -2.16. The minimum Gasteiger partial charge on any atom is -0.452 e. The number of Topliss-reactive ketones (excluding diaryl/α,β-unsaturated/α-hetero) is 1. The van der Waals surface area contributed by atoms with Crippen LogP contribution in [0, 0.1) is 0 Å². The lowest BCUT2D eigenvalue weighted by molar-refractivity contribution is -0.165. The Morgan fingerprint density at radius 3 is 2.36 bits per heavy atom. The smallest absolute Gasteiger partial charge is 0.346 e. The zero-order valence-electron chi connectivity index (χ0n) is 6.33. The van der Waals surface area contributed by atoms with Gasteiger partial charge in [0.25, 0.3) is 0 Å². The summed E-state index contributed by atoms with van der Waals surface area (Å²) in [5.41, 5.74) is -2.04. The lowest BCUT2D eigenvalue weighted by Crippen LogP contribution is -2.43. The predicted octanol–water partition coefficient (Wildman–Crippen LogP) is -0.243. The second kappa shape index (κ2) is 3.73. The number of ether oxygens (including phenoxy) is 1. The minimum atomic E-state index is -2.04. The fourth-order valence-corrected chi connectivity index (χ4v) is 0.460. The number of esters is 1. The number of hydrogen-bond acceptors (Lipinski definition) is 5. The first-order chi connectivity index (χ1) is 4.92. The molecule has 0 rings (SSSR count). The van der Waals surface area contributed by atoms with Gasteiger partial charge in [0.15, 0.2) is 5.78 Å². The van der Waals surface area contributed by atoms with Crippen LogP contribution in [0.3, 0.4) is 0 Å². The molecule has 0 aromatic rings. The summed E-state index contributed by atoms with van der Waals surface area (Å²) < 4.78 is 4.32. The Labute approximate surface area is 69.9 Å². The molecule has 64 valence electrons. The molecule has 5 heteroatoms. The summed E-state index contributed by atoms with van der Waals surface area (Å²) in [6.45, 7) is 2.20. The molecule has 0 heterocycles. The minimum absolute atomic E-state index is 0.151. The summed E-state index contributed by atoms with van der Waals surface area (Å²) in [6, 6.07) is 0. The Balaban J connectivity index is 4.30. The van der Waals surface area contributed by atoms with Gasteiger partial charge in [-0.05, 0) is 13.8 Å². The highest BCUT2D eigenvalue weighted by molar-refractivity contribution is 7.80. The maximum absolute atomic E-state index is 10.8. The maximum atomic E-state index is 10.8. The molecule has 1 atom stereocenters. The molecule has 0 aliphatic heterocycles. The van der Waals surface area contributed by atoms with Gasteiger partial charge in [-0.15, -0.1) is 12.6 Å². The number of thiol groups is 1. The van der Waals surface area contributed by atoms with Crippen molar-refractivity contribution in [3.63, 3.8) is 0 Å². The van der Waals surface area contributed by atoms with Crippen molar-refractivity contribution in [1.29, 1.82) is 0 Å². The van der Waals surface area contributed by atoms with Gasteiger partial charge in [-0.1, -0.05) is 0 Å². The van der Waals surface area contributed by atoms with Crippen LogP contribution in [0.25, 0.3) is 0 Å². The Hall–Kier alpha value is -0.550. The zero-order chi connectivity index (χ0) is 9.07. The molecule has 1 unspecified atom stereocenters. The maximum Gasteiger partial charge on any atom is 0.346 e. The summed E-state index contributed by atoms with van der Waals surface area (Å²) in [5.74, 6) is -1.77. The topological polar surface area (TPSA) is 63.6 Å². The molecule has 0 spiro atoms. The van der Waals surface area contributed by atoms with Crippen LogP contribution >= 0.6 is 12.6 Å². The van der Waals surface area contributed by atoms with Crippen molar-refractivity contribution in [2.45, 2.75) is 19.4 Å². The van der Waals surface area contributed by atoms with E-state index in [1.807, 2.05) is 0 Å². The van der Waals surface area contributed by atoms with Gasteiger partial charge >= 0.3 is 5.97 Å². The van der Waals surface area contributed by atoms with E-state index in [9.17, 15) is 9.59 Å². The molecule has 4 nitrogen and oxygen atoms in total. The Morgan fingerprint density at radius 2 is 2.09 bits per heavy atom. The van der Waals surface area contributed by atoms with Crippen molar-refractivity contribution in [3.05, 3.63) is 0 Å². The van der Waals surface area contributed by atoms with Gasteiger partial charge < -0.3 is 9.84 Å². The molecule has 0 saturated carbocycles. The highest BCUT2D eigenvalue weighted by Gasteiger charge is 2.37. The predicted molar refractivity (Wildman–Crippen MR) is 41.2 cm³/mol. The standard InChI is InChI=1S/C6H10O4S/c1-4(7)6(2,9)5(8)10-3-11/h9,11H,3H2,1-2H3. The van der Waals surface area contributed by atoms with Crippen molar-refractivity contribution in [3.8, 4) is 0 Å². The van der Waals surface area contributed by atoms with Gasteiger partial charge in [-0.2, -0.15) is 0 Å². The van der Waals surface area contributed by atoms with Gasteiger partial charge in [0.1, 0.15) is 5.94 Å². The second-order valence-electron chi connectivity index (χ2n) is 2.19. The molecule has 0 aliphatic carbocycles. The molecule has 0 aliphatic rings. The average molecular weight is 178 g/mol. The summed E-state index contributed by atoms with van der Waals surface area (Å²) in [5, 5.41) is 9.13. The highest BCUT2D eigenvalue weighted by atomic mass is 32.1. The lowest BCUT2D eigenvalue weighted by atomic mass is 10.0. The monoisotopic (exact) mass is 178 g/mol. The molecule has 0 amide bonds. The first kappa shape index (κ1) is 10.4. The molecule has 0 saturated heterocycles. The van der Waals surface area contributed by atoms with E-state index >= 15 is 0 Å². The number of ketones is 1. The summed E-state index contributed by atoms with van der Waals surface area (Å²) in [7, 11) is 0.